The molecule has 0 aromatic heterocycles. The summed E-state index contributed by atoms with van der Waals surface area (Å²) in [6, 6.07) is 2.87. The smallest absolute Gasteiger partial charge is 0.241 e. The number of nitrogens with one attached hydrogen (secondary N) is 1. The summed E-state index contributed by atoms with van der Waals surface area (Å²) in [5.41, 5.74) is 1.04. The Morgan fingerprint density at radius 3 is 2.65 bits per heavy atom. The highest BCUT2D eigenvalue weighted by molar-refractivity contribution is 7.89. The molecule has 0 saturated carbocycles. The molecule has 0 bridgehead atoms. The Labute approximate surface area is 124 Å². The van der Waals surface area contributed by atoms with Crippen LogP contribution in [-0.4, -0.2) is 32.8 Å². The first-order chi connectivity index (χ1) is 9.44. The Hall–Kier alpha value is -0.660. The molecule has 1 aromatic carbocycles. The summed E-state index contributed by atoms with van der Waals surface area (Å²) in [5.74, 6) is 0. The molecule has 1 fully saturated rings. The minimum atomic E-state index is -3.65. The van der Waals surface area contributed by atoms with Crippen molar-refractivity contribution in [3.05, 3.63) is 28.3 Å². The van der Waals surface area contributed by atoms with E-state index in [-0.39, 0.29) is 17.5 Å². The first-order valence-corrected chi connectivity index (χ1v) is 8.30. The number of hydrogen-bond donors (Lipinski definition) is 2. The van der Waals surface area contributed by atoms with Crippen molar-refractivity contribution in [1.82, 2.24) is 4.72 Å². The standard InChI is InChI=1S/C13H18ClNO4S/c1-9-10(8-16)6-11(14)7-13(9)20(17,18)15-12-2-4-19-5-3-12/h6-7,12,15-16H,2-5,8H2,1H3. The van der Waals surface area contributed by atoms with E-state index in [0.717, 1.165) is 0 Å². The predicted molar refractivity (Wildman–Crippen MR) is 76.3 cm³/mol. The molecular weight excluding hydrogens is 302 g/mol. The molecular formula is C13H18ClNO4S. The Kier molecular flexibility index (Phi) is 5.04. The summed E-state index contributed by atoms with van der Waals surface area (Å²) >= 11 is 5.93. The maximum atomic E-state index is 12.4. The zero-order valence-corrected chi connectivity index (χ0v) is 12.8. The van der Waals surface area contributed by atoms with E-state index in [4.69, 9.17) is 16.3 Å². The highest BCUT2D eigenvalue weighted by atomic mass is 35.5. The third-order valence-corrected chi connectivity index (χ3v) is 5.30. The highest BCUT2D eigenvalue weighted by Crippen LogP contribution is 2.25. The van der Waals surface area contributed by atoms with Gasteiger partial charge < -0.3 is 9.84 Å². The van der Waals surface area contributed by atoms with Gasteiger partial charge in [0, 0.05) is 24.3 Å². The van der Waals surface area contributed by atoms with Crippen molar-refractivity contribution >= 4 is 21.6 Å². The predicted octanol–water partition coefficient (Wildman–Crippen LogP) is 1.60. The van der Waals surface area contributed by atoms with Crippen LogP contribution in [0.4, 0.5) is 0 Å². The van der Waals surface area contributed by atoms with Crippen LogP contribution in [0.1, 0.15) is 24.0 Å². The van der Waals surface area contributed by atoms with Crippen molar-refractivity contribution in [2.24, 2.45) is 0 Å². The van der Waals surface area contributed by atoms with E-state index in [1.807, 2.05) is 0 Å². The Morgan fingerprint density at radius 2 is 2.05 bits per heavy atom. The molecule has 0 unspecified atom stereocenters. The van der Waals surface area contributed by atoms with Crippen LogP contribution in [0.25, 0.3) is 0 Å². The number of hydrogen-bond acceptors (Lipinski definition) is 4. The summed E-state index contributed by atoms with van der Waals surface area (Å²) in [6.07, 6.45) is 1.32. The van der Waals surface area contributed by atoms with Crippen LogP contribution < -0.4 is 4.72 Å². The van der Waals surface area contributed by atoms with E-state index in [9.17, 15) is 13.5 Å². The van der Waals surface area contributed by atoms with E-state index in [2.05, 4.69) is 4.72 Å². The van der Waals surface area contributed by atoms with Crippen LogP contribution in [0.2, 0.25) is 5.02 Å². The van der Waals surface area contributed by atoms with Crippen molar-refractivity contribution in [2.75, 3.05) is 13.2 Å². The number of aliphatic hydroxyl groups excluding tert-OH is 1. The lowest BCUT2D eigenvalue weighted by Gasteiger charge is -2.23. The van der Waals surface area contributed by atoms with Crippen molar-refractivity contribution in [3.63, 3.8) is 0 Å². The van der Waals surface area contributed by atoms with E-state index in [1.165, 1.54) is 6.07 Å². The molecule has 112 valence electrons. The molecule has 1 aromatic rings. The van der Waals surface area contributed by atoms with Gasteiger partial charge in [0.15, 0.2) is 0 Å². The lowest BCUT2D eigenvalue weighted by molar-refractivity contribution is 0.0832. The summed E-state index contributed by atoms with van der Waals surface area (Å²) in [7, 11) is -3.65. The zero-order chi connectivity index (χ0) is 14.8. The first-order valence-electron chi connectivity index (χ1n) is 6.44. The Balaban J connectivity index is 2.31. The van der Waals surface area contributed by atoms with Crippen molar-refractivity contribution in [2.45, 2.75) is 37.3 Å². The molecule has 5 nitrogen and oxygen atoms in total. The Morgan fingerprint density at radius 1 is 1.40 bits per heavy atom. The molecule has 2 N–H and O–H groups in total. The van der Waals surface area contributed by atoms with Gasteiger partial charge in [0.2, 0.25) is 10.0 Å². The largest absolute Gasteiger partial charge is 0.392 e. The number of ether oxygens (including phenoxy) is 1. The van der Waals surface area contributed by atoms with Crippen molar-refractivity contribution in [1.29, 1.82) is 0 Å². The molecule has 1 saturated heterocycles. The molecule has 0 atom stereocenters. The SMILES string of the molecule is Cc1c(CO)cc(Cl)cc1S(=O)(=O)NC1CCOCC1. The van der Waals surface area contributed by atoms with Gasteiger partial charge >= 0.3 is 0 Å². The molecule has 0 spiro atoms. The lowest BCUT2D eigenvalue weighted by atomic mass is 10.1. The molecule has 1 heterocycles. The number of aliphatic hydroxyl groups is 1. The summed E-state index contributed by atoms with van der Waals surface area (Å²) < 4.78 is 32.8. The van der Waals surface area contributed by atoms with Gasteiger partial charge in [0.1, 0.15) is 0 Å². The third-order valence-electron chi connectivity index (χ3n) is 3.44. The van der Waals surface area contributed by atoms with E-state index in [0.29, 0.717) is 42.2 Å². The second kappa shape index (κ2) is 6.41. The number of halogens is 1. The maximum absolute atomic E-state index is 12.4. The molecule has 7 heteroatoms. The average molecular weight is 320 g/mol. The van der Waals surface area contributed by atoms with E-state index in [1.54, 1.807) is 13.0 Å². The summed E-state index contributed by atoms with van der Waals surface area (Å²) in [4.78, 5) is 0.126. The minimum Gasteiger partial charge on any atom is -0.392 e. The Bertz CT molecular complexity index is 582. The minimum absolute atomic E-state index is 0.121. The van der Waals surface area contributed by atoms with Crippen LogP contribution >= 0.6 is 11.6 Å². The van der Waals surface area contributed by atoms with Gasteiger partial charge in [-0.15, -0.1) is 0 Å². The van der Waals surface area contributed by atoms with Gasteiger partial charge in [-0.2, -0.15) is 0 Å². The fraction of sp³-hybridized carbons (Fsp3) is 0.538. The van der Waals surface area contributed by atoms with Gasteiger partial charge in [-0.05, 0) is 43.0 Å². The molecule has 1 aliphatic heterocycles. The quantitative estimate of drug-likeness (QED) is 0.884. The number of benzene rings is 1. The summed E-state index contributed by atoms with van der Waals surface area (Å²) in [6.45, 7) is 2.54. The normalized spacial score (nSPS) is 17.4. The van der Waals surface area contributed by atoms with Gasteiger partial charge in [0.05, 0.1) is 11.5 Å². The maximum Gasteiger partial charge on any atom is 0.241 e. The van der Waals surface area contributed by atoms with Crippen LogP contribution in [0.3, 0.4) is 0 Å². The van der Waals surface area contributed by atoms with Crippen molar-refractivity contribution in [3.8, 4) is 0 Å². The third kappa shape index (κ3) is 3.51. The number of rotatable bonds is 4. The molecule has 20 heavy (non-hydrogen) atoms. The molecule has 2 rings (SSSR count). The van der Waals surface area contributed by atoms with Gasteiger partial charge in [-0.3, -0.25) is 0 Å². The lowest BCUT2D eigenvalue weighted by Crippen LogP contribution is -2.39. The fourth-order valence-corrected chi connectivity index (χ4v) is 4.17. The highest BCUT2D eigenvalue weighted by Gasteiger charge is 2.24. The summed E-state index contributed by atoms with van der Waals surface area (Å²) in [5, 5.41) is 9.56. The number of sulfonamides is 1. The van der Waals surface area contributed by atoms with Gasteiger partial charge in [0.25, 0.3) is 0 Å². The topological polar surface area (TPSA) is 75.6 Å². The molecule has 1 aliphatic rings. The van der Waals surface area contributed by atoms with Crippen LogP contribution in [0.5, 0.6) is 0 Å². The second-order valence-corrected chi connectivity index (χ2v) is 6.97. The van der Waals surface area contributed by atoms with E-state index >= 15 is 0 Å². The van der Waals surface area contributed by atoms with Crippen LogP contribution in [-0.2, 0) is 21.4 Å². The first kappa shape index (κ1) is 15.7. The van der Waals surface area contributed by atoms with E-state index < -0.39 is 10.0 Å². The monoisotopic (exact) mass is 319 g/mol. The molecule has 0 amide bonds. The van der Waals surface area contributed by atoms with Gasteiger partial charge in [-0.25, -0.2) is 13.1 Å². The second-order valence-electron chi connectivity index (χ2n) is 4.85. The molecule has 0 radical (unpaired) electrons. The van der Waals surface area contributed by atoms with Crippen molar-refractivity contribution < 1.29 is 18.3 Å². The average Bonchev–Trinajstić information content (AvgIpc) is 2.41. The molecule has 0 aliphatic carbocycles. The van der Waals surface area contributed by atoms with Gasteiger partial charge in [-0.1, -0.05) is 11.6 Å². The fourth-order valence-electron chi connectivity index (χ4n) is 2.25. The zero-order valence-electron chi connectivity index (χ0n) is 11.2. The van der Waals surface area contributed by atoms with Crippen LogP contribution in [0.15, 0.2) is 17.0 Å². The van der Waals surface area contributed by atoms with Crippen LogP contribution in [0, 0.1) is 6.92 Å².